The molecule has 2 rings (SSSR count). The summed E-state index contributed by atoms with van der Waals surface area (Å²) in [6.45, 7) is 0. The Bertz CT molecular complexity index is 541. The third kappa shape index (κ3) is 2.52. The van der Waals surface area contributed by atoms with E-state index < -0.39 is 0 Å². The van der Waals surface area contributed by atoms with Gasteiger partial charge in [0.2, 0.25) is 0 Å². The number of nitrogens with one attached hydrogen (secondary N) is 1. The summed E-state index contributed by atoms with van der Waals surface area (Å²) in [5.74, 6) is -0.522. The number of nitrogens with zero attached hydrogens (tertiary/aromatic N) is 1. The van der Waals surface area contributed by atoms with Crippen molar-refractivity contribution in [3.8, 4) is 11.5 Å². The number of aromatic hydroxyl groups is 2. The molecule has 0 aliphatic heterocycles. The molecular weight excluding hydrogens is 220 g/mol. The Kier molecular flexibility index (Phi) is 2.91. The zero-order chi connectivity index (χ0) is 12.3. The number of pyridine rings is 1. The number of carbonyl (C=O) groups excluding carboxylic acids is 1. The Morgan fingerprint density at radius 3 is 2.53 bits per heavy atom. The van der Waals surface area contributed by atoms with Crippen LogP contribution in [0.15, 0.2) is 42.7 Å². The van der Waals surface area contributed by atoms with Crippen LogP contribution in [0.25, 0.3) is 0 Å². The second kappa shape index (κ2) is 4.52. The quantitative estimate of drug-likeness (QED) is 0.542. The number of hydrogen-bond donors (Lipinski definition) is 3. The number of anilines is 1. The first-order chi connectivity index (χ1) is 8.16. The van der Waals surface area contributed by atoms with Crippen LogP contribution in [-0.2, 0) is 0 Å². The lowest BCUT2D eigenvalue weighted by Gasteiger charge is -2.07. The van der Waals surface area contributed by atoms with Crippen LogP contribution in [0.5, 0.6) is 11.5 Å². The van der Waals surface area contributed by atoms with Gasteiger partial charge in [0.15, 0.2) is 0 Å². The van der Waals surface area contributed by atoms with Gasteiger partial charge < -0.3 is 15.5 Å². The fourth-order valence-corrected chi connectivity index (χ4v) is 1.32. The van der Waals surface area contributed by atoms with Crippen molar-refractivity contribution >= 4 is 11.6 Å². The number of rotatable bonds is 2. The van der Waals surface area contributed by atoms with E-state index in [9.17, 15) is 15.0 Å². The van der Waals surface area contributed by atoms with Crippen molar-refractivity contribution in [1.82, 2.24) is 4.98 Å². The van der Waals surface area contributed by atoms with E-state index in [1.54, 1.807) is 12.1 Å². The third-order valence-corrected chi connectivity index (χ3v) is 2.17. The minimum atomic E-state index is -0.381. The maximum absolute atomic E-state index is 11.7. The lowest BCUT2D eigenvalue weighted by atomic mass is 10.2. The van der Waals surface area contributed by atoms with Gasteiger partial charge in [-0.1, -0.05) is 0 Å². The zero-order valence-corrected chi connectivity index (χ0v) is 8.79. The predicted molar refractivity (Wildman–Crippen MR) is 62.0 cm³/mol. The Hall–Kier alpha value is -2.56. The average molecular weight is 230 g/mol. The van der Waals surface area contributed by atoms with Gasteiger partial charge in [-0.25, -0.2) is 0 Å². The predicted octanol–water partition coefficient (Wildman–Crippen LogP) is 1.75. The molecule has 2 aromatic rings. The number of carbonyl (C=O) groups is 1. The minimum Gasteiger partial charge on any atom is -0.508 e. The molecule has 0 spiro atoms. The molecule has 1 aromatic heterocycles. The number of phenols is 2. The van der Waals surface area contributed by atoms with Gasteiger partial charge in [0.05, 0.1) is 5.69 Å². The maximum atomic E-state index is 11.7. The molecule has 17 heavy (non-hydrogen) atoms. The molecule has 1 amide bonds. The number of hydrogen-bond acceptors (Lipinski definition) is 4. The highest BCUT2D eigenvalue weighted by atomic mass is 16.3. The van der Waals surface area contributed by atoms with E-state index in [0.717, 1.165) is 0 Å². The summed E-state index contributed by atoms with van der Waals surface area (Å²) in [4.78, 5) is 15.5. The summed E-state index contributed by atoms with van der Waals surface area (Å²) in [6.07, 6.45) is 2.99. The van der Waals surface area contributed by atoms with Crippen LogP contribution < -0.4 is 5.32 Å². The number of benzene rings is 1. The standard InChI is InChI=1S/C12H10N2O3/c15-9-1-2-11(16)10(7-9)14-12(17)8-3-5-13-6-4-8/h1-7,15-16H,(H,14,17). The van der Waals surface area contributed by atoms with Crippen molar-refractivity contribution in [1.29, 1.82) is 0 Å². The molecule has 0 radical (unpaired) electrons. The molecule has 5 heteroatoms. The Balaban J connectivity index is 2.22. The van der Waals surface area contributed by atoms with Crippen LogP contribution in [0.4, 0.5) is 5.69 Å². The highest BCUT2D eigenvalue weighted by molar-refractivity contribution is 6.04. The van der Waals surface area contributed by atoms with E-state index in [0.29, 0.717) is 5.56 Å². The molecule has 0 bridgehead atoms. The fourth-order valence-electron chi connectivity index (χ4n) is 1.32. The molecular formula is C12H10N2O3. The second-order valence-electron chi connectivity index (χ2n) is 3.39. The van der Waals surface area contributed by atoms with Gasteiger partial charge in [-0.2, -0.15) is 0 Å². The van der Waals surface area contributed by atoms with Crippen molar-refractivity contribution in [3.63, 3.8) is 0 Å². The molecule has 0 aliphatic carbocycles. The first-order valence-electron chi connectivity index (χ1n) is 4.90. The lowest BCUT2D eigenvalue weighted by Crippen LogP contribution is -2.11. The second-order valence-corrected chi connectivity index (χ2v) is 3.39. The van der Waals surface area contributed by atoms with Gasteiger partial charge in [0.25, 0.3) is 5.91 Å². The summed E-state index contributed by atoms with van der Waals surface area (Å²) in [7, 11) is 0. The van der Waals surface area contributed by atoms with E-state index in [4.69, 9.17) is 0 Å². The Morgan fingerprint density at radius 1 is 1.12 bits per heavy atom. The molecule has 86 valence electrons. The first kappa shape index (κ1) is 10.9. The largest absolute Gasteiger partial charge is 0.508 e. The van der Waals surface area contributed by atoms with Gasteiger partial charge in [-0.3, -0.25) is 9.78 Å². The monoisotopic (exact) mass is 230 g/mol. The normalized spacial score (nSPS) is 9.88. The molecule has 1 aromatic carbocycles. The molecule has 0 saturated carbocycles. The maximum Gasteiger partial charge on any atom is 0.255 e. The molecule has 5 nitrogen and oxygen atoms in total. The topological polar surface area (TPSA) is 82.5 Å². The van der Waals surface area contributed by atoms with Gasteiger partial charge in [0.1, 0.15) is 11.5 Å². The third-order valence-electron chi connectivity index (χ3n) is 2.17. The van der Waals surface area contributed by atoms with Gasteiger partial charge in [0, 0.05) is 24.0 Å². The smallest absolute Gasteiger partial charge is 0.255 e. The van der Waals surface area contributed by atoms with Crippen LogP contribution in [-0.4, -0.2) is 21.1 Å². The van der Waals surface area contributed by atoms with Crippen LogP contribution in [0, 0.1) is 0 Å². The highest BCUT2D eigenvalue weighted by Gasteiger charge is 2.08. The van der Waals surface area contributed by atoms with E-state index in [2.05, 4.69) is 10.3 Å². The summed E-state index contributed by atoms with van der Waals surface area (Å²) in [5, 5.41) is 21.2. The van der Waals surface area contributed by atoms with Crippen molar-refractivity contribution in [3.05, 3.63) is 48.3 Å². The number of aromatic nitrogens is 1. The minimum absolute atomic E-state index is 0.0344. The van der Waals surface area contributed by atoms with Crippen molar-refractivity contribution in [2.45, 2.75) is 0 Å². The Labute approximate surface area is 97.4 Å². The molecule has 0 atom stereocenters. The summed E-state index contributed by atoms with van der Waals surface area (Å²) >= 11 is 0. The van der Waals surface area contributed by atoms with Crippen LogP contribution >= 0.6 is 0 Å². The van der Waals surface area contributed by atoms with Gasteiger partial charge >= 0.3 is 0 Å². The van der Waals surface area contributed by atoms with E-state index in [1.165, 1.54) is 30.6 Å². The van der Waals surface area contributed by atoms with Gasteiger partial charge in [-0.15, -0.1) is 0 Å². The van der Waals surface area contributed by atoms with Crippen molar-refractivity contribution in [2.75, 3.05) is 5.32 Å². The molecule has 0 unspecified atom stereocenters. The molecule has 1 heterocycles. The summed E-state index contributed by atoms with van der Waals surface area (Å²) in [6, 6.07) is 7.01. The van der Waals surface area contributed by atoms with E-state index in [1.807, 2.05) is 0 Å². The molecule has 0 aliphatic rings. The summed E-state index contributed by atoms with van der Waals surface area (Å²) in [5.41, 5.74) is 0.578. The highest BCUT2D eigenvalue weighted by Crippen LogP contribution is 2.27. The Morgan fingerprint density at radius 2 is 1.82 bits per heavy atom. The number of amides is 1. The van der Waals surface area contributed by atoms with Crippen molar-refractivity contribution < 1.29 is 15.0 Å². The average Bonchev–Trinajstić information content (AvgIpc) is 2.35. The first-order valence-corrected chi connectivity index (χ1v) is 4.90. The van der Waals surface area contributed by atoms with Crippen LogP contribution in [0.3, 0.4) is 0 Å². The molecule has 0 fully saturated rings. The van der Waals surface area contributed by atoms with E-state index in [-0.39, 0.29) is 23.1 Å². The molecule has 3 N–H and O–H groups in total. The lowest BCUT2D eigenvalue weighted by molar-refractivity contribution is 0.102. The van der Waals surface area contributed by atoms with Crippen LogP contribution in [0.1, 0.15) is 10.4 Å². The molecule has 0 saturated heterocycles. The SMILES string of the molecule is O=C(Nc1cc(O)ccc1O)c1ccncc1. The summed E-state index contributed by atoms with van der Waals surface area (Å²) < 4.78 is 0. The number of phenolic OH excluding ortho intramolecular Hbond substituents is 2. The van der Waals surface area contributed by atoms with Gasteiger partial charge in [-0.05, 0) is 24.3 Å². The van der Waals surface area contributed by atoms with Crippen molar-refractivity contribution in [2.24, 2.45) is 0 Å². The zero-order valence-electron chi connectivity index (χ0n) is 8.79. The fraction of sp³-hybridized carbons (Fsp3) is 0. The van der Waals surface area contributed by atoms with Crippen LogP contribution in [0.2, 0.25) is 0 Å². The van der Waals surface area contributed by atoms with E-state index >= 15 is 0 Å².